The van der Waals surface area contributed by atoms with Crippen LogP contribution in [0.15, 0.2) is 18.2 Å². The molecule has 2 aliphatic heterocycles. The molecule has 22 heavy (non-hydrogen) atoms. The molecule has 1 unspecified atom stereocenters. The fraction of sp³-hybridized carbons (Fsp3) is 0.588. The van der Waals surface area contributed by atoms with Gasteiger partial charge in [-0.2, -0.15) is 0 Å². The minimum Gasteiger partial charge on any atom is -0.496 e. The fourth-order valence-electron chi connectivity index (χ4n) is 3.78. The van der Waals surface area contributed by atoms with E-state index in [-0.39, 0.29) is 11.3 Å². The fourth-order valence-corrected chi connectivity index (χ4v) is 3.95. The van der Waals surface area contributed by atoms with Crippen LogP contribution in [-0.2, 0) is 0 Å². The number of likely N-dealkylation sites (tertiary alicyclic amines) is 1. The summed E-state index contributed by atoms with van der Waals surface area (Å²) in [5.74, 6) is 0.625. The number of nitrogens with one attached hydrogen (secondary N) is 1. The number of benzene rings is 1. The van der Waals surface area contributed by atoms with Crippen molar-refractivity contribution in [3.05, 3.63) is 28.8 Å². The van der Waals surface area contributed by atoms with Gasteiger partial charge < -0.3 is 15.0 Å². The summed E-state index contributed by atoms with van der Waals surface area (Å²) in [5.41, 5.74) is 0.814. The molecule has 2 fully saturated rings. The highest BCUT2D eigenvalue weighted by Crippen LogP contribution is 2.37. The Labute approximate surface area is 136 Å². The Hall–Kier alpha value is -1.26. The lowest BCUT2D eigenvalue weighted by Gasteiger charge is -2.45. The van der Waals surface area contributed by atoms with Crippen LogP contribution in [0.5, 0.6) is 5.75 Å². The molecule has 1 amide bonds. The molecule has 1 aromatic rings. The molecule has 0 aliphatic carbocycles. The Morgan fingerprint density at radius 2 is 2.18 bits per heavy atom. The van der Waals surface area contributed by atoms with Gasteiger partial charge in [-0.15, -0.1) is 0 Å². The molecule has 2 saturated heterocycles. The summed E-state index contributed by atoms with van der Waals surface area (Å²) in [6, 6.07) is 5.22. The Kier molecular flexibility index (Phi) is 4.59. The van der Waals surface area contributed by atoms with Crippen molar-refractivity contribution in [3.63, 3.8) is 0 Å². The van der Waals surface area contributed by atoms with E-state index in [2.05, 4.69) is 5.32 Å². The van der Waals surface area contributed by atoms with Crippen LogP contribution in [0.4, 0.5) is 0 Å². The molecule has 2 aliphatic rings. The Morgan fingerprint density at radius 3 is 2.91 bits per heavy atom. The van der Waals surface area contributed by atoms with Crippen molar-refractivity contribution >= 4 is 17.5 Å². The standard InChI is InChI=1S/C17H23ClN2O2/c1-22-15-5-4-13(18)10-14(15)16(21)20-9-3-7-17(12-20)6-2-8-19-11-17/h4-5,10,19H,2-3,6-9,11-12H2,1H3. The number of piperidine rings is 2. The van der Waals surface area contributed by atoms with Gasteiger partial charge >= 0.3 is 0 Å². The molecule has 1 spiro atoms. The minimum atomic E-state index is 0.0315. The highest BCUT2D eigenvalue weighted by molar-refractivity contribution is 6.31. The molecule has 1 aromatic carbocycles. The van der Waals surface area contributed by atoms with E-state index in [1.807, 2.05) is 4.90 Å². The van der Waals surface area contributed by atoms with Gasteiger partial charge in [-0.05, 0) is 50.4 Å². The number of halogens is 1. The van der Waals surface area contributed by atoms with Crippen molar-refractivity contribution in [3.8, 4) is 5.75 Å². The van der Waals surface area contributed by atoms with Gasteiger partial charge in [-0.1, -0.05) is 11.6 Å². The number of methoxy groups -OCH3 is 1. The first kappa shape index (κ1) is 15.6. The van der Waals surface area contributed by atoms with Gasteiger partial charge in [0, 0.05) is 30.1 Å². The van der Waals surface area contributed by atoms with Crippen LogP contribution in [0.25, 0.3) is 0 Å². The quantitative estimate of drug-likeness (QED) is 0.910. The normalized spacial score (nSPS) is 25.3. The number of hydrogen-bond donors (Lipinski definition) is 1. The van der Waals surface area contributed by atoms with E-state index < -0.39 is 0 Å². The van der Waals surface area contributed by atoms with E-state index in [1.165, 1.54) is 19.3 Å². The number of ether oxygens (including phenoxy) is 1. The lowest BCUT2D eigenvalue weighted by atomic mass is 9.74. The maximum atomic E-state index is 12.9. The van der Waals surface area contributed by atoms with Crippen molar-refractivity contribution in [1.82, 2.24) is 10.2 Å². The van der Waals surface area contributed by atoms with Crippen molar-refractivity contribution in [1.29, 1.82) is 0 Å². The third kappa shape index (κ3) is 3.08. The first-order valence-corrected chi connectivity index (χ1v) is 8.35. The second-order valence-electron chi connectivity index (χ2n) is 6.46. The zero-order chi connectivity index (χ0) is 15.6. The molecule has 5 heteroatoms. The average molecular weight is 323 g/mol. The predicted molar refractivity (Wildman–Crippen MR) is 87.7 cm³/mol. The summed E-state index contributed by atoms with van der Waals surface area (Å²) in [5, 5.41) is 4.06. The minimum absolute atomic E-state index is 0.0315. The third-order valence-corrected chi connectivity index (χ3v) is 5.14. The van der Waals surface area contributed by atoms with Gasteiger partial charge in [-0.25, -0.2) is 0 Å². The summed E-state index contributed by atoms with van der Waals surface area (Å²) in [7, 11) is 1.59. The van der Waals surface area contributed by atoms with Gasteiger partial charge in [0.2, 0.25) is 0 Å². The number of hydrogen-bond acceptors (Lipinski definition) is 3. The smallest absolute Gasteiger partial charge is 0.257 e. The number of carbonyl (C=O) groups excluding carboxylic acids is 1. The molecule has 120 valence electrons. The maximum Gasteiger partial charge on any atom is 0.257 e. The molecule has 0 radical (unpaired) electrons. The molecule has 1 atom stereocenters. The van der Waals surface area contributed by atoms with Crippen molar-refractivity contribution < 1.29 is 9.53 Å². The molecule has 2 heterocycles. The van der Waals surface area contributed by atoms with E-state index in [0.717, 1.165) is 32.6 Å². The molecule has 0 saturated carbocycles. The number of rotatable bonds is 2. The molecular formula is C17H23ClN2O2. The molecule has 0 aromatic heterocycles. The zero-order valence-electron chi connectivity index (χ0n) is 13.0. The number of carbonyl (C=O) groups is 1. The number of nitrogens with zero attached hydrogens (tertiary/aromatic N) is 1. The van der Waals surface area contributed by atoms with E-state index in [4.69, 9.17) is 16.3 Å². The molecule has 3 rings (SSSR count). The molecule has 1 N–H and O–H groups in total. The van der Waals surface area contributed by atoms with Gasteiger partial charge in [0.1, 0.15) is 5.75 Å². The van der Waals surface area contributed by atoms with Crippen LogP contribution in [0.3, 0.4) is 0 Å². The van der Waals surface area contributed by atoms with E-state index in [9.17, 15) is 4.79 Å². The van der Waals surface area contributed by atoms with Crippen LogP contribution in [-0.4, -0.2) is 44.1 Å². The number of amides is 1. The van der Waals surface area contributed by atoms with Gasteiger partial charge in [0.25, 0.3) is 5.91 Å². The van der Waals surface area contributed by atoms with Crippen molar-refractivity contribution in [2.75, 3.05) is 33.3 Å². The lowest BCUT2D eigenvalue weighted by molar-refractivity contribution is 0.0431. The summed E-state index contributed by atoms with van der Waals surface area (Å²) in [4.78, 5) is 14.9. The molecule has 4 nitrogen and oxygen atoms in total. The highest BCUT2D eigenvalue weighted by atomic mass is 35.5. The SMILES string of the molecule is COc1ccc(Cl)cc1C(=O)N1CCCC2(CCCNC2)C1. The second kappa shape index (κ2) is 6.47. The predicted octanol–water partition coefficient (Wildman–Crippen LogP) is 2.95. The van der Waals surface area contributed by atoms with Crippen LogP contribution in [0.2, 0.25) is 5.02 Å². The Balaban J connectivity index is 1.81. The second-order valence-corrected chi connectivity index (χ2v) is 6.89. The monoisotopic (exact) mass is 322 g/mol. The van der Waals surface area contributed by atoms with E-state index in [0.29, 0.717) is 16.3 Å². The highest BCUT2D eigenvalue weighted by Gasteiger charge is 2.38. The van der Waals surface area contributed by atoms with Gasteiger partial charge in [0.05, 0.1) is 12.7 Å². The first-order valence-electron chi connectivity index (χ1n) is 7.97. The Bertz CT molecular complexity index is 550. The average Bonchev–Trinajstić information content (AvgIpc) is 2.55. The van der Waals surface area contributed by atoms with Crippen LogP contribution >= 0.6 is 11.6 Å². The summed E-state index contributed by atoms with van der Waals surface area (Å²) in [6.07, 6.45) is 4.67. The van der Waals surface area contributed by atoms with Crippen LogP contribution in [0, 0.1) is 5.41 Å². The van der Waals surface area contributed by atoms with Gasteiger partial charge in [0.15, 0.2) is 0 Å². The topological polar surface area (TPSA) is 41.6 Å². The van der Waals surface area contributed by atoms with Crippen LogP contribution in [0.1, 0.15) is 36.0 Å². The first-order chi connectivity index (χ1) is 10.6. The molecular weight excluding hydrogens is 300 g/mol. The molecule has 0 bridgehead atoms. The van der Waals surface area contributed by atoms with Crippen molar-refractivity contribution in [2.24, 2.45) is 5.41 Å². The zero-order valence-corrected chi connectivity index (χ0v) is 13.8. The van der Waals surface area contributed by atoms with E-state index in [1.54, 1.807) is 25.3 Å². The van der Waals surface area contributed by atoms with Crippen LogP contribution < -0.4 is 10.1 Å². The van der Waals surface area contributed by atoms with Gasteiger partial charge in [-0.3, -0.25) is 4.79 Å². The van der Waals surface area contributed by atoms with Crippen molar-refractivity contribution in [2.45, 2.75) is 25.7 Å². The lowest BCUT2D eigenvalue weighted by Crippen LogP contribution is -2.52. The third-order valence-electron chi connectivity index (χ3n) is 4.90. The Morgan fingerprint density at radius 1 is 1.36 bits per heavy atom. The summed E-state index contributed by atoms with van der Waals surface area (Å²) in [6.45, 7) is 3.76. The maximum absolute atomic E-state index is 12.9. The largest absolute Gasteiger partial charge is 0.496 e. The summed E-state index contributed by atoms with van der Waals surface area (Å²) >= 11 is 6.06. The van der Waals surface area contributed by atoms with E-state index >= 15 is 0 Å². The summed E-state index contributed by atoms with van der Waals surface area (Å²) < 4.78 is 5.33.